The number of thiophene rings is 1. The van der Waals surface area contributed by atoms with Gasteiger partial charge in [-0.15, -0.1) is 11.3 Å². The first-order valence-electron chi connectivity index (χ1n) is 4.98. The fourth-order valence-electron chi connectivity index (χ4n) is 1.10. The van der Waals surface area contributed by atoms with Gasteiger partial charge in [-0.05, 0) is 28.9 Å². The Morgan fingerprint density at radius 1 is 1.71 bits per heavy atom. The fraction of sp³-hybridized carbons (Fsp3) is 0.500. The van der Waals surface area contributed by atoms with Gasteiger partial charge in [-0.1, -0.05) is 11.6 Å². The molecule has 1 atom stereocenters. The third-order valence-electron chi connectivity index (χ3n) is 1.85. The number of esters is 1. The summed E-state index contributed by atoms with van der Waals surface area (Å²) in [4.78, 5) is 11.9. The number of halogens is 2. The van der Waals surface area contributed by atoms with Gasteiger partial charge in [-0.2, -0.15) is 0 Å². The molecule has 96 valence electrons. The summed E-state index contributed by atoms with van der Waals surface area (Å²) < 4.78 is 11.4. The van der Waals surface area contributed by atoms with Crippen LogP contribution in [-0.2, 0) is 14.3 Å². The van der Waals surface area contributed by atoms with Crippen LogP contribution in [0.5, 0.6) is 0 Å². The Kier molecular flexibility index (Phi) is 6.43. The lowest BCUT2D eigenvalue weighted by Gasteiger charge is -2.09. The van der Waals surface area contributed by atoms with Gasteiger partial charge in [0.25, 0.3) is 0 Å². The Morgan fingerprint density at radius 2 is 2.41 bits per heavy atom. The molecular formula is C10H13BrClNO3S. The van der Waals surface area contributed by atoms with Crippen LogP contribution in [0.3, 0.4) is 0 Å². The van der Waals surface area contributed by atoms with Crippen molar-refractivity contribution in [3.63, 3.8) is 0 Å². The van der Waals surface area contributed by atoms with Gasteiger partial charge >= 0.3 is 5.97 Å². The molecule has 17 heavy (non-hydrogen) atoms. The zero-order valence-electron chi connectivity index (χ0n) is 9.24. The average Bonchev–Trinajstić information content (AvgIpc) is 2.59. The molecule has 0 aliphatic heterocycles. The Balaban J connectivity index is 2.34. The van der Waals surface area contributed by atoms with Crippen molar-refractivity contribution in [3.8, 4) is 0 Å². The van der Waals surface area contributed by atoms with Crippen LogP contribution in [0.2, 0.25) is 4.34 Å². The van der Waals surface area contributed by atoms with Crippen LogP contribution >= 0.6 is 38.9 Å². The van der Waals surface area contributed by atoms with Crippen molar-refractivity contribution < 1.29 is 14.3 Å². The molecule has 0 bridgehead atoms. The maximum absolute atomic E-state index is 11.0. The molecule has 0 fully saturated rings. The highest BCUT2D eigenvalue weighted by Gasteiger charge is 2.13. The van der Waals surface area contributed by atoms with Crippen molar-refractivity contribution in [2.24, 2.45) is 5.73 Å². The van der Waals surface area contributed by atoms with Crippen molar-refractivity contribution in [3.05, 3.63) is 19.8 Å². The van der Waals surface area contributed by atoms with E-state index < -0.39 is 0 Å². The Hall–Kier alpha value is -0.140. The van der Waals surface area contributed by atoms with E-state index in [1.54, 1.807) is 6.92 Å². The third kappa shape index (κ3) is 4.93. The Bertz CT molecular complexity index is 366. The molecule has 4 nitrogen and oxygen atoms in total. The van der Waals surface area contributed by atoms with Crippen LogP contribution in [-0.4, -0.2) is 25.8 Å². The van der Waals surface area contributed by atoms with E-state index >= 15 is 0 Å². The van der Waals surface area contributed by atoms with E-state index in [0.717, 1.165) is 9.35 Å². The van der Waals surface area contributed by atoms with Crippen LogP contribution in [0, 0.1) is 0 Å². The molecule has 0 saturated heterocycles. The number of hydrogen-bond donors (Lipinski definition) is 1. The molecule has 0 aromatic carbocycles. The van der Waals surface area contributed by atoms with E-state index in [9.17, 15) is 4.79 Å². The summed E-state index contributed by atoms with van der Waals surface area (Å²) in [5.74, 6) is -0.384. The SMILES string of the molecule is CCOC(=O)COCC(N)c1cc(Br)c(Cl)s1. The lowest BCUT2D eigenvalue weighted by molar-refractivity contribution is -0.148. The van der Waals surface area contributed by atoms with Gasteiger partial charge in [0, 0.05) is 9.35 Å². The van der Waals surface area contributed by atoms with Crippen molar-refractivity contribution in [2.45, 2.75) is 13.0 Å². The highest BCUT2D eigenvalue weighted by Crippen LogP contribution is 2.34. The van der Waals surface area contributed by atoms with E-state index in [-0.39, 0.29) is 25.2 Å². The van der Waals surface area contributed by atoms with Crippen LogP contribution in [0.25, 0.3) is 0 Å². The monoisotopic (exact) mass is 341 g/mol. The summed E-state index contributed by atoms with van der Waals surface area (Å²) in [6.45, 7) is 2.26. The van der Waals surface area contributed by atoms with E-state index in [2.05, 4.69) is 15.9 Å². The van der Waals surface area contributed by atoms with Crippen molar-refractivity contribution >= 4 is 44.8 Å². The average molecular weight is 343 g/mol. The first-order valence-corrected chi connectivity index (χ1v) is 6.97. The molecule has 1 heterocycles. The molecule has 0 aliphatic carbocycles. The summed E-state index contributed by atoms with van der Waals surface area (Å²) in [7, 11) is 0. The molecule has 1 rings (SSSR count). The zero-order valence-corrected chi connectivity index (χ0v) is 12.4. The van der Waals surface area contributed by atoms with Crippen LogP contribution < -0.4 is 5.73 Å². The molecule has 0 spiro atoms. The normalized spacial score (nSPS) is 12.5. The second kappa shape index (κ2) is 7.33. The van der Waals surface area contributed by atoms with Crippen molar-refractivity contribution in [1.82, 2.24) is 0 Å². The number of carbonyl (C=O) groups is 1. The minimum Gasteiger partial charge on any atom is -0.464 e. The van der Waals surface area contributed by atoms with E-state index in [4.69, 9.17) is 26.8 Å². The standard InChI is InChI=1S/C10H13BrClNO3S/c1-2-16-9(14)5-15-4-7(13)8-3-6(11)10(12)17-8/h3,7H,2,4-5,13H2,1H3. The van der Waals surface area contributed by atoms with Gasteiger partial charge in [-0.25, -0.2) is 4.79 Å². The van der Waals surface area contributed by atoms with Crippen molar-refractivity contribution in [1.29, 1.82) is 0 Å². The second-order valence-corrected chi connectivity index (χ2v) is 5.74. The maximum atomic E-state index is 11.0. The maximum Gasteiger partial charge on any atom is 0.332 e. The third-order valence-corrected chi connectivity index (χ3v) is 4.46. The molecular weight excluding hydrogens is 330 g/mol. The quantitative estimate of drug-likeness (QED) is 0.808. The molecule has 1 unspecified atom stereocenters. The Morgan fingerprint density at radius 3 is 2.94 bits per heavy atom. The summed E-state index contributed by atoms with van der Waals surface area (Å²) in [5, 5.41) is 0. The number of rotatable bonds is 6. The predicted octanol–water partition coefficient (Wildman–Crippen LogP) is 2.74. The summed E-state index contributed by atoms with van der Waals surface area (Å²) in [6.07, 6.45) is 0. The highest BCUT2D eigenvalue weighted by molar-refractivity contribution is 9.10. The van der Waals surface area contributed by atoms with Crippen LogP contribution in [0.1, 0.15) is 17.8 Å². The van der Waals surface area contributed by atoms with Crippen LogP contribution in [0.4, 0.5) is 0 Å². The molecule has 2 N–H and O–H groups in total. The Labute approximate surface area is 117 Å². The molecule has 0 saturated carbocycles. The van der Waals surface area contributed by atoms with Gasteiger partial charge in [0.2, 0.25) is 0 Å². The number of hydrogen-bond acceptors (Lipinski definition) is 5. The molecule has 1 aromatic heterocycles. The summed E-state index contributed by atoms with van der Waals surface area (Å²) in [6, 6.07) is 1.56. The van der Waals surface area contributed by atoms with Gasteiger partial charge in [0.1, 0.15) is 10.9 Å². The van der Waals surface area contributed by atoms with Crippen LogP contribution in [0.15, 0.2) is 10.5 Å². The van der Waals surface area contributed by atoms with E-state index in [1.165, 1.54) is 11.3 Å². The van der Waals surface area contributed by atoms with Gasteiger partial charge in [0.05, 0.1) is 19.3 Å². The van der Waals surface area contributed by atoms with Gasteiger partial charge in [-0.3, -0.25) is 0 Å². The zero-order chi connectivity index (χ0) is 12.8. The largest absolute Gasteiger partial charge is 0.464 e. The molecule has 0 amide bonds. The minimum absolute atomic E-state index is 0.0815. The molecule has 1 aromatic rings. The predicted molar refractivity (Wildman–Crippen MR) is 71.4 cm³/mol. The lowest BCUT2D eigenvalue weighted by atomic mass is 10.3. The highest BCUT2D eigenvalue weighted by atomic mass is 79.9. The number of nitrogens with two attached hydrogens (primary N) is 1. The number of ether oxygens (including phenoxy) is 2. The molecule has 0 aliphatic rings. The first-order chi connectivity index (χ1) is 8.04. The van der Waals surface area contributed by atoms with E-state index in [1.807, 2.05) is 6.07 Å². The lowest BCUT2D eigenvalue weighted by Crippen LogP contribution is -2.20. The minimum atomic E-state index is -0.384. The number of carbonyl (C=O) groups excluding carboxylic acids is 1. The van der Waals surface area contributed by atoms with Crippen molar-refractivity contribution in [2.75, 3.05) is 19.8 Å². The molecule has 7 heteroatoms. The first kappa shape index (κ1) is 14.9. The fourth-order valence-corrected chi connectivity index (χ4v) is 2.82. The van der Waals surface area contributed by atoms with E-state index in [0.29, 0.717) is 10.9 Å². The topological polar surface area (TPSA) is 61.5 Å². The van der Waals surface area contributed by atoms with Gasteiger partial charge < -0.3 is 15.2 Å². The molecule has 0 radical (unpaired) electrons. The second-order valence-electron chi connectivity index (χ2n) is 3.20. The summed E-state index contributed by atoms with van der Waals surface area (Å²) >= 11 is 10.6. The smallest absolute Gasteiger partial charge is 0.332 e. The van der Waals surface area contributed by atoms with Gasteiger partial charge in [0.15, 0.2) is 0 Å². The summed E-state index contributed by atoms with van der Waals surface area (Å²) in [5.41, 5.74) is 5.89.